The Hall–Kier alpha value is -14.0. The summed E-state index contributed by atoms with van der Waals surface area (Å²) in [6.07, 6.45) is 16.6. The summed E-state index contributed by atoms with van der Waals surface area (Å²) in [4.78, 5) is 44.9. The third-order valence-electron chi connectivity index (χ3n) is 25.6. The van der Waals surface area contributed by atoms with Gasteiger partial charge in [-0.25, -0.2) is 19.9 Å². The van der Waals surface area contributed by atoms with Crippen LogP contribution in [0.15, 0.2) is 212 Å². The molecule has 13 aromatic rings. The van der Waals surface area contributed by atoms with Crippen LogP contribution in [0.2, 0.25) is 0 Å². The molecule has 0 radical (unpaired) electrons. The zero-order valence-electron chi connectivity index (χ0n) is 83.5. The van der Waals surface area contributed by atoms with Crippen LogP contribution in [-0.2, 0) is 81.9 Å². The zero-order valence-corrected chi connectivity index (χ0v) is 85.5. The van der Waals surface area contributed by atoms with Crippen LogP contribution < -0.4 is 19.9 Å². The van der Waals surface area contributed by atoms with E-state index in [1.807, 2.05) is 54.6 Å². The topological polar surface area (TPSA) is 128 Å². The van der Waals surface area contributed by atoms with Crippen molar-refractivity contribution >= 4 is 92.7 Å². The van der Waals surface area contributed by atoms with Crippen LogP contribution in [0.25, 0.3) is 160 Å². The Kier molecular flexibility index (Phi) is 27.0. The second kappa shape index (κ2) is 37.9. The molecule has 1 N–H and O–H groups in total. The molecule has 0 amide bonds. The summed E-state index contributed by atoms with van der Waals surface area (Å²) >= 11 is 0. The average Bonchev–Trinajstić information content (AvgIpc) is 1.60. The molecule has 16 bridgehead atoms. The number of fused-ring (bicyclic) bond motifs is 16. The van der Waals surface area contributed by atoms with Crippen molar-refractivity contribution < 1.29 is 38.1 Å². The Labute approximate surface area is 836 Å². The van der Waals surface area contributed by atoms with Gasteiger partial charge >= 0.3 is 33.0 Å². The minimum absolute atomic E-state index is 0. The number of hydrogen-bond donors (Lipinski definition) is 1. The summed E-state index contributed by atoms with van der Waals surface area (Å²) < 4.78 is 0. The minimum Gasteiger partial charge on any atom is -0.657 e. The molecule has 7 aromatic carbocycles. The molecule has 690 valence electrons. The van der Waals surface area contributed by atoms with Gasteiger partial charge in [0.15, 0.2) is 0 Å². The first-order valence-corrected chi connectivity index (χ1v) is 47.0. The molecule has 138 heavy (non-hydrogen) atoms. The molecule has 0 aliphatic carbocycles. The molecule has 4 aliphatic heterocycles. The molecule has 17 rings (SSSR count). The number of nitrogens with zero attached hydrogens (tertiary/aromatic N) is 8. The van der Waals surface area contributed by atoms with Gasteiger partial charge in [0.1, 0.15) is 0 Å². The number of aliphatic hydroxyl groups is 1. The number of aromatic nitrogens is 8. The molecule has 11 heteroatoms. The molecule has 4 aliphatic rings. The SMILES string of the molecule is CC(C)(C)c1cc(-c2c3nc(c(-c4ccccc4)c4ccc([n-]4)c(-c4cc(C(C)(C)C)cc(C(C)(C)C)c4)c4nc(c(C#CC#CC#CC(O)(C#CC#CC#Cc5c6nc(c(-c7cc(C(C)(C)C)cc(C(C)(C)C)c7)c7ccc([n-]7)c(-c7ccccc7)c7nc(c(-c8cc(C(C)(C)C)cc(C(C)(C)C)c8)c8ccc5[n-]8)C=C7)C=C6)c5ccccc5)c5ccc2[n-]5)C=C4)C=C3)cc(C(C)(C)C)c1.[Ni+2].[Ni+2]. The maximum Gasteiger partial charge on any atom is 2.00 e. The van der Waals surface area contributed by atoms with E-state index in [9.17, 15) is 5.11 Å². The average molecular weight is 1890 g/mol. The van der Waals surface area contributed by atoms with Crippen LogP contribution in [0.3, 0.4) is 0 Å². The summed E-state index contributed by atoms with van der Waals surface area (Å²) in [5.41, 5.74) is 30.2. The molecule has 0 atom stereocenters. The van der Waals surface area contributed by atoms with E-state index < -0.39 is 5.60 Å². The maximum atomic E-state index is 12.7. The van der Waals surface area contributed by atoms with E-state index in [1.165, 1.54) is 44.5 Å². The van der Waals surface area contributed by atoms with Gasteiger partial charge in [0, 0.05) is 16.7 Å². The summed E-state index contributed by atoms with van der Waals surface area (Å²) in [7, 11) is 0. The predicted octanol–water partition coefficient (Wildman–Crippen LogP) is 28.8. The van der Waals surface area contributed by atoms with Crippen molar-refractivity contribution in [2.24, 2.45) is 0 Å². The zero-order chi connectivity index (χ0) is 96.6. The fourth-order valence-corrected chi connectivity index (χ4v) is 17.4. The van der Waals surface area contributed by atoms with Crippen molar-refractivity contribution in [3.8, 4) is 138 Å². The third-order valence-corrected chi connectivity index (χ3v) is 25.6. The Morgan fingerprint density at radius 2 is 0.399 bits per heavy atom. The van der Waals surface area contributed by atoms with E-state index in [1.54, 1.807) is 12.1 Å². The largest absolute Gasteiger partial charge is 2.00 e. The third kappa shape index (κ3) is 21.0. The van der Waals surface area contributed by atoms with Gasteiger partial charge in [0.25, 0.3) is 0 Å². The molecule has 0 saturated carbocycles. The molecule has 0 spiro atoms. The van der Waals surface area contributed by atoms with Gasteiger partial charge in [-0.2, -0.15) is 0 Å². The Balaban J connectivity index is 0.00000722. The second-order valence-electron chi connectivity index (χ2n) is 44.2. The molecule has 0 unspecified atom stereocenters. The van der Waals surface area contributed by atoms with E-state index in [0.29, 0.717) is 61.5 Å². The Bertz CT molecular complexity index is 7270. The smallest absolute Gasteiger partial charge is 0.657 e. The monoisotopic (exact) mass is 1880 g/mol. The maximum absolute atomic E-state index is 12.7. The van der Waals surface area contributed by atoms with Gasteiger partial charge in [-0.15, -0.1) is 44.1 Å². The summed E-state index contributed by atoms with van der Waals surface area (Å²) in [6, 6.07) is 74.4. The Morgan fingerprint density at radius 3 is 0.638 bits per heavy atom. The van der Waals surface area contributed by atoms with E-state index in [0.717, 1.165) is 112 Å². The summed E-state index contributed by atoms with van der Waals surface area (Å²) in [5, 5.41) is 12.7. The van der Waals surface area contributed by atoms with Crippen molar-refractivity contribution in [3.05, 3.63) is 319 Å². The molecule has 10 heterocycles. The fourth-order valence-electron chi connectivity index (χ4n) is 17.4. The fraction of sp³-hybridized carbons (Fsp3) is 0.260. The van der Waals surface area contributed by atoms with Gasteiger partial charge in [-0.3, -0.25) is 0 Å². The molecular formula is C127H116N8Ni2O. The van der Waals surface area contributed by atoms with Crippen LogP contribution in [0.4, 0.5) is 0 Å². The first-order chi connectivity index (χ1) is 64.3. The van der Waals surface area contributed by atoms with Crippen molar-refractivity contribution in [1.29, 1.82) is 0 Å². The van der Waals surface area contributed by atoms with Crippen molar-refractivity contribution in [2.45, 2.75) is 215 Å². The second-order valence-corrected chi connectivity index (χ2v) is 44.2. The summed E-state index contributed by atoms with van der Waals surface area (Å²) in [6.45, 7) is 54.2. The molecular weight excluding hydrogens is 1770 g/mol. The van der Waals surface area contributed by atoms with Crippen LogP contribution in [0.1, 0.15) is 273 Å². The molecule has 0 fully saturated rings. The molecule has 0 saturated heterocycles. The Morgan fingerprint density at radius 1 is 0.203 bits per heavy atom. The van der Waals surface area contributed by atoms with Gasteiger partial charge in [-0.1, -0.05) is 390 Å². The van der Waals surface area contributed by atoms with E-state index in [-0.39, 0.29) is 76.3 Å². The van der Waals surface area contributed by atoms with Crippen LogP contribution in [0, 0.1) is 71.0 Å². The van der Waals surface area contributed by atoms with Gasteiger partial charge < -0.3 is 25.0 Å². The number of benzene rings is 7. The predicted molar refractivity (Wildman–Crippen MR) is 571 cm³/mol. The quantitative estimate of drug-likeness (QED) is 0.123. The van der Waals surface area contributed by atoms with Gasteiger partial charge in [-0.05, 0) is 262 Å². The standard InChI is InChI=1S/C127H116N8O.2Ni/c1-119(2,3)87-68-82(69-88(76-87)120(4,5)6)115-105-54-50-97(128-105)95(98-51-55-106(129-98)116(83-70-89(121(7,8)9)77-90(71-83)122(10,11)12)110-63-59-102(133-110)113(80-42-32-29-33-43-80)101-58-62-109(115)132-101)48-38-25-27-40-66-127(136,86-46-36-31-37-47-86)67-41-28-26-39-49-96-99-52-56-107(130-99)117(84-72-91(123(13,14)15)78-92(73-84)124(16,17)18)111-64-60-103(134-111)114(81-44-34-30-35-45-81)104-61-65-112(135-104)118(108-57-53-100(96)131-108)85-74-93(125(19,20)21)79-94(75-85)126(22,23)24;;/h29-37,42-47,50-65,68-79,136H,1-24H3;;/q-4;2*+2. The van der Waals surface area contributed by atoms with Crippen LogP contribution in [0.5, 0.6) is 0 Å². The molecule has 6 aromatic heterocycles. The van der Waals surface area contributed by atoms with Gasteiger partial charge in [0.2, 0.25) is 5.60 Å². The van der Waals surface area contributed by atoms with Crippen LogP contribution in [-0.4, -0.2) is 25.0 Å². The van der Waals surface area contributed by atoms with E-state index in [2.05, 4.69) is 431 Å². The minimum atomic E-state index is -2.03. The van der Waals surface area contributed by atoms with E-state index >= 15 is 0 Å². The van der Waals surface area contributed by atoms with Crippen molar-refractivity contribution in [3.63, 3.8) is 0 Å². The van der Waals surface area contributed by atoms with Crippen LogP contribution >= 0.6 is 0 Å². The first-order valence-electron chi connectivity index (χ1n) is 47.0. The number of hydrogen-bond acceptors (Lipinski definition) is 5. The van der Waals surface area contributed by atoms with E-state index in [4.69, 9.17) is 39.9 Å². The molecule has 9 nitrogen and oxygen atoms in total. The van der Waals surface area contributed by atoms with Crippen molar-refractivity contribution in [1.82, 2.24) is 39.9 Å². The first kappa shape index (κ1) is 98.6. The number of rotatable bonds is 7. The van der Waals surface area contributed by atoms with Gasteiger partial charge in [0.05, 0.1) is 45.6 Å². The normalized spacial score (nSPS) is 12.5. The summed E-state index contributed by atoms with van der Waals surface area (Å²) in [5.74, 6) is 37.1. The van der Waals surface area contributed by atoms with Crippen molar-refractivity contribution in [2.75, 3.05) is 0 Å².